The van der Waals surface area contributed by atoms with Gasteiger partial charge in [-0.25, -0.2) is 4.79 Å². The molecule has 2 N–H and O–H groups in total. The number of alkyl halides is 3. The van der Waals surface area contributed by atoms with Gasteiger partial charge in [0.2, 0.25) is 0 Å². The van der Waals surface area contributed by atoms with Crippen LogP contribution >= 0.6 is 0 Å². The van der Waals surface area contributed by atoms with Gasteiger partial charge in [0.05, 0.1) is 11.1 Å². The van der Waals surface area contributed by atoms with E-state index in [0.29, 0.717) is 11.8 Å². The number of hydrogen-bond donors (Lipinski definition) is 2. The van der Waals surface area contributed by atoms with Crippen molar-refractivity contribution in [2.75, 3.05) is 18.5 Å². The standard InChI is InChI=1S/C26H29F3N2O5/c1-16-5-3-8-22(17(16)2)31-24(33)15-36-25(34)18-9-11-21(12-10-18)35-14-23(32)30-20-7-4-6-19(13-20)26(27,28)29/h4,6-7,9-13,16-17,22H,3,5,8,14-15H2,1-2H3,(H,30,32)(H,31,33)/t16-,17-,22+/m1/s1. The highest BCUT2D eigenvalue weighted by Crippen LogP contribution is 2.31. The Balaban J connectivity index is 1.43. The number of anilines is 1. The lowest BCUT2D eigenvalue weighted by Gasteiger charge is -2.34. The third kappa shape index (κ3) is 7.73. The van der Waals surface area contributed by atoms with Gasteiger partial charge in [-0.1, -0.05) is 32.8 Å². The maximum atomic E-state index is 12.8. The van der Waals surface area contributed by atoms with Gasteiger partial charge in [0.15, 0.2) is 13.2 Å². The van der Waals surface area contributed by atoms with Crippen molar-refractivity contribution in [1.82, 2.24) is 5.32 Å². The van der Waals surface area contributed by atoms with E-state index < -0.39 is 30.2 Å². The van der Waals surface area contributed by atoms with Gasteiger partial charge in [0.25, 0.3) is 11.8 Å². The van der Waals surface area contributed by atoms with E-state index in [1.54, 1.807) is 0 Å². The van der Waals surface area contributed by atoms with Gasteiger partial charge in [-0.2, -0.15) is 13.2 Å². The number of benzene rings is 2. The van der Waals surface area contributed by atoms with E-state index in [-0.39, 0.29) is 35.6 Å². The van der Waals surface area contributed by atoms with E-state index in [1.165, 1.54) is 36.4 Å². The average molecular weight is 507 g/mol. The van der Waals surface area contributed by atoms with E-state index in [1.807, 2.05) is 0 Å². The predicted octanol–water partition coefficient (Wildman–Crippen LogP) is 4.82. The molecule has 0 aromatic heterocycles. The van der Waals surface area contributed by atoms with E-state index in [0.717, 1.165) is 31.4 Å². The van der Waals surface area contributed by atoms with Crippen LogP contribution in [0.5, 0.6) is 5.75 Å². The molecule has 36 heavy (non-hydrogen) atoms. The van der Waals surface area contributed by atoms with Crippen molar-refractivity contribution in [3.05, 3.63) is 59.7 Å². The molecule has 3 rings (SSSR count). The second-order valence-electron chi connectivity index (χ2n) is 8.96. The number of nitrogens with one attached hydrogen (secondary N) is 2. The van der Waals surface area contributed by atoms with Gasteiger partial charge >= 0.3 is 12.1 Å². The molecule has 0 heterocycles. The summed E-state index contributed by atoms with van der Waals surface area (Å²) in [5.74, 6) is -0.517. The largest absolute Gasteiger partial charge is 0.484 e. The first-order valence-electron chi connectivity index (χ1n) is 11.7. The summed E-state index contributed by atoms with van der Waals surface area (Å²) in [6, 6.07) is 10.1. The van der Waals surface area contributed by atoms with Crippen LogP contribution < -0.4 is 15.4 Å². The van der Waals surface area contributed by atoms with Crippen molar-refractivity contribution < 1.29 is 37.0 Å². The van der Waals surface area contributed by atoms with Crippen LogP contribution in [-0.2, 0) is 20.5 Å². The third-order valence-corrected chi connectivity index (χ3v) is 6.32. The zero-order valence-electron chi connectivity index (χ0n) is 20.1. The smallest absolute Gasteiger partial charge is 0.416 e. The molecule has 0 saturated heterocycles. The normalized spacial score (nSPS) is 19.8. The Morgan fingerprint density at radius 3 is 2.39 bits per heavy atom. The fraction of sp³-hybridized carbons (Fsp3) is 0.423. The van der Waals surface area contributed by atoms with Crippen LogP contribution in [0.4, 0.5) is 18.9 Å². The Morgan fingerprint density at radius 1 is 0.972 bits per heavy atom. The first kappa shape index (κ1) is 27.0. The topological polar surface area (TPSA) is 93.7 Å². The predicted molar refractivity (Wildman–Crippen MR) is 126 cm³/mol. The Bertz CT molecular complexity index is 1070. The van der Waals surface area contributed by atoms with Crippen molar-refractivity contribution in [2.45, 2.75) is 45.3 Å². The minimum Gasteiger partial charge on any atom is -0.484 e. The summed E-state index contributed by atoms with van der Waals surface area (Å²) in [6.45, 7) is 3.45. The summed E-state index contributed by atoms with van der Waals surface area (Å²) < 4.78 is 48.8. The van der Waals surface area contributed by atoms with E-state index in [4.69, 9.17) is 9.47 Å². The molecule has 0 bridgehead atoms. The van der Waals surface area contributed by atoms with Crippen LogP contribution in [0.1, 0.15) is 49.0 Å². The highest BCUT2D eigenvalue weighted by molar-refractivity contribution is 5.92. The third-order valence-electron chi connectivity index (χ3n) is 6.32. The number of rotatable bonds is 8. The fourth-order valence-corrected chi connectivity index (χ4v) is 4.06. The number of ether oxygens (including phenoxy) is 2. The maximum Gasteiger partial charge on any atom is 0.416 e. The number of halogens is 3. The molecule has 2 amide bonds. The number of carbonyl (C=O) groups excluding carboxylic acids is 3. The number of carbonyl (C=O) groups is 3. The fourth-order valence-electron chi connectivity index (χ4n) is 4.06. The summed E-state index contributed by atoms with van der Waals surface area (Å²) in [6.07, 6.45) is -1.42. The molecule has 1 aliphatic rings. The molecule has 0 unspecified atom stereocenters. The summed E-state index contributed by atoms with van der Waals surface area (Å²) >= 11 is 0. The van der Waals surface area contributed by atoms with Gasteiger partial charge in [-0.3, -0.25) is 9.59 Å². The Morgan fingerprint density at radius 2 is 1.69 bits per heavy atom. The lowest BCUT2D eigenvalue weighted by molar-refractivity contribution is -0.137. The second kappa shape index (κ2) is 11.9. The van der Waals surface area contributed by atoms with Gasteiger partial charge in [0.1, 0.15) is 5.75 Å². The van der Waals surface area contributed by atoms with Crippen LogP contribution in [0.3, 0.4) is 0 Å². The first-order valence-corrected chi connectivity index (χ1v) is 11.7. The van der Waals surface area contributed by atoms with Crippen LogP contribution in [0.15, 0.2) is 48.5 Å². The van der Waals surface area contributed by atoms with Crippen molar-refractivity contribution in [3.8, 4) is 5.75 Å². The van der Waals surface area contributed by atoms with Gasteiger partial charge in [-0.05, 0) is 60.7 Å². The van der Waals surface area contributed by atoms with Crippen LogP contribution in [0.25, 0.3) is 0 Å². The molecule has 7 nitrogen and oxygen atoms in total. The number of esters is 1. The van der Waals surface area contributed by atoms with Crippen molar-refractivity contribution in [2.24, 2.45) is 11.8 Å². The van der Waals surface area contributed by atoms with Crippen molar-refractivity contribution >= 4 is 23.5 Å². The molecular weight excluding hydrogens is 477 g/mol. The molecule has 194 valence electrons. The van der Waals surface area contributed by atoms with Gasteiger partial charge < -0.3 is 20.1 Å². The molecule has 0 aliphatic heterocycles. The van der Waals surface area contributed by atoms with E-state index in [9.17, 15) is 27.6 Å². The van der Waals surface area contributed by atoms with E-state index >= 15 is 0 Å². The van der Waals surface area contributed by atoms with Crippen molar-refractivity contribution in [3.63, 3.8) is 0 Å². The van der Waals surface area contributed by atoms with Crippen LogP contribution in [0.2, 0.25) is 0 Å². The quantitative estimate of drug-likeness (QED) is 0.501. The summed E-state index contributed by atoms with van der Waals surface area (Å²) in [7, 11) is 0. The molecule has 10 heteroatoms. The molecular formula is C26H29F3N2O5. The highest BCUT2D eigenvalue weighted by Gasteiger charge is 2.30. The Hall–Kier alpha value is -3.56. The minimum atomic E-state index is -4.52. The average Bonchev–Trinajstić information content (AvgIpc) is 2.84. The molecule has 1 saturated carbocycles. The molecule has 0 radical (unpaired) electrons. The first-order chi connectivity index (χ1) is 17.0. The second-order valence-corrected chi connectivity index (χ2v) is 8.96. The summed E-state index contributed by atoms with van der Waals surface area (Å²) in [5, 5.41) is 5.28. The summed E-state index contributed by atoms with van der Waals surface area (Å²) in [5.41, 5.74) is -0.685. The lowest BCUT2D eigenvalue weighted by atomic mass is 9.78. The number of hydrogen-bond acceptors (Lipinski definition) is 5. The lowest BCUT2D eigenvalue weighted by Crippen LogP contribution is -2.45. The molecule has 1 fully saturated rings. The Kier molecular flexibility index (Phi) is 8.95. The van der Waals surface area contributed by atoms with Gasteiger partial charge in [-0.15, -0.1) is 0 Å². The zero-order chi connectivity index (χ0) is 26.3. The van der Waals surface area contributed by atoms with Gasteiger partial charge in [0, 0.05) is 11.7 Å². The molecule has 2 aromatic carbocycles. The monoisotopic (exact) mass is 506 g/mol. The van der Waals surface area contributed by atoms with E-state index in [2.05, 4.69) is 24.5 Å². The minimum absolute atomic E-state index is 0.00647. The highest BCUT2D eigenvalue weighted by atomic mass is 19.4. The summed E-state index contributed by atoms with van der Waals surface area (Å²) in [4.78, 5) is 36.5. The molecule has 0 spiro atoms. The molecule has 2 aromatic rings. The van der Waals surface area contributed by atoms with Crippen LogP contribution in [0, 0.1) is 11.8 Å². The zero-order valence-corrected chi connectivity index (χ0v) is 20.1. The Labute approximate surface area is 207 Å². The van der Waals surface area contributed by atoms with Crippen LogP contribution in [-0.4, -0.2) is 37.0 Å². The molecule has 1 aliphatic carbocycles. The number of amides is 2. The SMILES string of the molecule is C[C@@H]1[C@H](C)CCC[C@@H]1NC(=O)COC(=O)c1ccc(OCC(=O)Nc2cccc(C(F)(F)F)c2)cc1. The van der Waals surface area contributed by atoms with Crippen molar-refractivity contribution in [1.29, 1.82) is 0 Å². The molecule has 3 atom stereocenters. The maximum absolute atomic E-state index is 12.8.